The molecule has 1 amide bonds. The van der Waals surface area contributed by atoms with E-state index in [-0.39, 0.29) is 36.7 Å². The number of hydrogen-bond acceptors (Lipinski definition) is 8. The van der Waals surface area contributed by atoms with Crippen molar-refractivity contribution in [1.29, 1.82) is 0 Å². The number of carbonyl (C=O) groups excluding carboxylic acids is 1. The number of aryl methyl sites for hydroxylation is 1. The van der Waals surface area contributed by atoms with E-state index >= 15 is 0 Å². The molecule has 5 aromatic carbocycles. The highest BCUT2D eigenvalue weighted by Crippen LogP contribution is 2.40. The lowest BCUT2D eigenvalue weighted by molar-refractivity contribution is -0.245. The highest BCUT2D eigenvalue weighted by atomic mass is 32.2. The van der Waals surface area contributed by atoms with E-state index in [0.29, 0.717) is 12.2 Å². The predicted molar refractivity (Wildman–Crippen MR) is 206 cm³/mol. The van der Waals surface area contributed by atoms with Gasteiger partial charge in [-0.15, -0.1) is 11.8 Å². The second kappa shape index (κ2) is 18.0. The Hall–Kier alpha value is -4.49. The van der Waals surface area contributed by atoms with E-state index < -0.39 is 28.3 Å². The van der Waals surface area contributed by atoms with Crippen LogP contribution in [0.3, 0.4) is 0 Å². The molecule has 5 aromatic rings. The van der Waals surface area contributed by atoms with Crippen molar-refractivity contribution in [2.75, 3.05) is 12.9 Å². The summed E-state index contributed by atoms with van der Waals surface area (Å²) in [6.07, 6.45) is -0.152. The molecule has 9 nitrogen and oxygen atoms in total. The number of thioether (sulfide) groups is 1. The van der Waals surface area contributed by atoms with Gasteiger partial charge in [0.2, 0.25) is 15.9 Å². The van der Waals surface area contributed by atoms with Crippen LogP contribution < -0.4 is 14.8 Å². The summed E-state index contributed by atoms with van der Waals surface area (Å²) in [5, 5.41) is 12.5. The Morgan fingerprint density at radius 3 is 2.19 bits per heavy atom. The van der Waals surface area contributed by atoms with E-state index in [1.807, 2.05) is 110 Å². The Bertz CT molecular complexity index is 2040. The standard InChI is InChI=1S/C42H44N2O7S2/c1-29-12-22-36(23-13-29)53(47,48)44-37(24-30-8-4-3-5-9-30)41(46)43-26-31-14-20-34(21-15-31)42-50-35(28-52-40-11-7-6-10-38(40)49-2)25-39(51-42)33-18-16-32(27-45)17-19-33/h3-23,35,37,39,42,44-45H,24-28H2,1-2H3,(H,43,46)/t35-,37+,39+,42+/m0/s1. The van der Waals surface area contributed by atoms with Crippen LogP contribution in [-0.2, 0) is 43.9 Å². The molecule has 6 rings (SSSR count). The van der Waals surface area contributed by atoms with Gasteiger partial charge in [0.05, 0.1) is 30.8 Å². The fourth-order valence-electron chi connectivity index (χ4n) is 6.06. The van der Waals surface area contributed by atoms with Crippen LogP contribution in [-0.4, -0.2) is 44.4 Å². The maximum atomic E-state index is 13.5. The van der Waals surface area contributed by atoms with E-state index in [4.69, 9.17) is 14.2 Å². The number of aliphatic hydroxyl groups excluding tert-OH is 1. The first kappa shape index (κ1) is 38.2. The summed E-state index contributed by atoms with van der Waals surface area (Å²) in [7, 11) is -2.29. The van der Waals surface area contributed by atoms with Crippen LogP contribution in [0.1, 0.15) is 52.2 Å². The Morgan fingerprint density at radius 2 is 1.49 bits per heavy atom. The van der Waals surface area contributed by atoms with Crippen molar-refractivity contribution in [3.05, 3.63) is 161 Å². The number of para-hydroxylation sites is 1. The number of nitrogens with one attached hydrogen (secondary N) is 2. The summed E-state index contributed by atoms with van der Waals surface area (Å²) in [5.74, 6) is 1.07. The van der Waals surface area contributed by atoms with Gasteiger partial charge in [-0.3, -0.25) is 4.79 Å². The molecule has 53 heavy (non-hydrogen) atoms. The van der Waals surface area contributed by atoms with Gasteiger partial charge < -0.3 is 24.6 Å². The third-order valence-corrected chi connectivity index (χ3v) is 11.7. The molecule has 0 aromatic heterocycles. The van der Waals surface area contributed by atoms with Crippen LogP contribution in [0.5, 0.6) is 5.75 Å². The third-order valence-electron chi connectivity index (χ3n) is 9.06. The number of carbonyl (C=O) groups is 1. The minimum atomic E-state index is -3.96. The Balaban J connectivity index is 1.14. The van der Waals surface area contributed by atoms with Crippen molar-refractivity contribution in [3.63, 3.8) is 0 Å². The van der Waals surface area contributed by atoms with Crippen molar-refractivity contribution in [1.82, 2.24) is 10.0 Å². The lowest BCUT2D eigenvalue weighted by Crippen LogP contribution is -2.47. The molecule has 4 atom stereocenters. The molecular formula is C42H44N2O7S2. The first-order valence-electron chi connectivity index (χ1n) is 17.5. The topological polar surface area (TPSA) is 123 Å². The quantitative estimate of drug-likeness (QED) is 0.0975. The molecule has 276 valence electrons. The van der Waals surface area contributed by atoms with Crippen LogP contribution in [0.4, 0.5) is 0 Å². The van der Waals surface area contributed by atoms with Crippen molar-refractivity contribution in [2.45, 2.75) is 67.2 Å². The largest absolute Gasteiger partial charge is 0.496 e. The van der Waals surface area contributed by atoms with E-state index in [0.717, 1.165) is 44.0 Å². The number of benzene rings is 5. The van der Waals surface area contributed by atoms with Crippen LogP contribution in [0.15, 0.2) is 137 Å². The molecule has 11 heteroatoms. The fraction of sp³-hybridized carbons (Fsp3) is 0.262. The molecular weight excluding hydrogens is 709 g/mol. The molecule has 1 heterocycles. The summed E-state index contributed by atoms with van der Waals surface area (Å²) in [4.78, 5) is 14.7. The van der Waals surface area contributed by atoms with Gasteiger partial charge in [0.1, 0.15) is 11.8 Å². The van der Waals surface area contributed by atoms with Gasteiger partial charge in [-0.25, -0.2) is 8.42 Å². The predicted octanol–water partition coefficient (Wildman–Crippen LogP) is 7.04. The number of sulfonamides is 1. The van der Waals surface area contributed by atoms with Crippen molar-refractivity contribution >= 4 is 27.7 Å². The zero-order chi connectivity index (χ0) is 37.2. The van der Waals surface area contributed by atoms with Gasteiger partial charge in [0.15, 0.2) is 6.29 Å². The Labute approximate surface area is 315 Å². The van der Waals surface area contributed by atoms with Crippen LogP contribution in [0, 0.1) is 6.92 Å². The molecule has 1 aliphatic heterocycles. The molecule has 1 aliphatic rings. The number of amides is 1. The van der Waals surface area contributed by atoms with Gasteiger partial charge in [-0.1, -0.05) is 109 Å². The van der Waals surface area contributed by atoms with Gasteiger partial charge >= 0.3 is 0 Å². The van der Waals surface area contributed by atoms with Crippen molar-refractivity contribution < 1.29 is 32.5 Å². The van der Waals surface area contributed by atoms with Crippen LogP contribution in [0.25, 0.3) is 0 Å². The van der Waals surface area contributed by atoms with E-state index in [1.165, 1.54) is 12.1 Å². The lowest BCUT2D eigenvalue weighted by atomic mass is 10.0. The summed E-state index contributed by atoms with van der Waals surface area (Å²) in [6, 6.07) is 38.2. The maximum absolute atomic E-state index is 13.5. The summed E-state index contributed by atoms with van der Waals surface area (Å²) in [6.45, 7) is 2.05. The molecule has 0 radical (unpaired) electrons. The number of ether oxygens (including phenoxy) is 3. The van der Waals surface area contributed by atoms with Crippen molar-refractivity contribution in [3.8, 4) is 5.75 Å². The maximum Gasteiger partial charge on any atom is 0.241 e. The number of methoxy groups -OCH3 is 1. The second-order valence-corrected chi connectivity index (χ2v) is 15.7. The molecule has 3 N–H and O–H groups in total. The second-order valence-electron chi connectivity index (χ2n) is 12.9. The van der Waals surface area contributed by atoms with Gasteiger partial charge in [-0.2, -0.15) is 4.72 Å². The first-order chi connectivity index (χ1) is 25.7. The first-order valence-corrected chi connectivity index (χ1v) is 19.9. The van der Waals surface area contributed by atoms with Gasteiger partial charge in [0.25, 0.3) is 0 Å². The zero-order valence-corrected chi connectivity index (χ0v) is 31.3. The molecule has 0 bridgehead atoms. The van der Waals surface area contributed by atoms with E-state index in [9.17, 15) is 18.3 Å². The number of hydrogen-bond donors (Lipinski definition) is 3. The SMILES string of the molecule is COc1ccccc1SC[C@@H]1C[C@H](c2ccc(CO)cc2)O[C@H](c2ccc(CNC(=O)[C@@H](Cc3ccccc3)NS(=O)(=O)c3ccc(C)cc3)cc2)O1. The molecule has 1 saturated heterocycles. The number of aliphatic hydroxyl groups is 1. The molecule has 1 fully saturated rings. The fourth-order valence-corrected chi connectivity index (χ4v) is 8.30. The molecule has 0 saturated carbocycles. The van der Waals surface area contributed by atoms with Crippen molar-refractivity contribution in [2.24, 2.45) is 0 Å². The van der Waals surface area contributed by atoms with Gasteiger partial charge in [-0.05, 0) is 59.9 Å². The Kier molecular flexibility index (Phi) is 13.0. The lowest BCUT2D eigenvalue weighted by Gasteiger charge is -2.36. The zero-order valence-electron chi connectivity index (χ0n) is 29.7. The molecule has 0 unspecified atom stereocenters. The molecule has 0 aliphatic carbocycles. The molecule has 0 spiro atoms. The summed E-state index contributed by atoms with van der Waals surface area (Å²) < 4.78 is 47.8. The normalized spacial score (nSPS) is 17.9. The van der Waals surface area contributed by atoms with E-state index in [2.05, 4.69) is 10.0 Å². The minimum Gasteiger partial charge on any atom is -0.496 e. The van der Waals surface area contributed by atoms with Gasteiger partial charge in [0, 0.05) is 29.2 Å². The van der Waals surface area contributed by atoms with Crippen LogP contribution >= 0.6 is 11.8 Å². The van der Waals surface area contributed by atoms with E-state index in [1.54, 1.807) is 31.0 Å². The highest BCUT2D eigenvalue weighted by molar-refractivity contribution is 7.99. The summed E-state index contributed by atoms with van der Waals surface area (Å²) >= 11 is 1.67. The Morgan fingerprint density at radius 1 is 0.830 bits per heavy atom. The highest BCUT2D eigenvalue weighted by Gasteiger charge is 2.32. The van der Waals surface area contributed by atoms with Crippen LogP contribution in [0.2, 0.25) is 0 Å². The smallest absolute Gasteiger partial charge is 0.241 e. The third kappa shape index (κ3) is 10.3. The average molecular weight is 753 g/mol. The minimum absolute atomic E-state index is 0.0285. The summed E-state index contributed by atoms with van der Waals surface area (Å²) in [5.41, 5.74) is 5.27. The number of rotatable bonds is 15. The monoisotopic (exact) mass is 752 g/mol. The average Bonchev–Trinajstić information content (AvgIpc) is 3.19.